The predicted octanol–water partition coefficient (Wildman–Crippen LogP) is 9.85. The molecule has 55 heavy (non-hydrogen) atoms. The minimum absolute atomic E-state index is 0.125. The third-order valence-corrected chi connectivity index (χ3v) is 13.6. The SMILES string of the molecule is COc1ccc(C2(O)CCC(CCc3ccccc3)CC2C(N(C)C)C2(CN(C)C)CC(CCc3ccccc3)CCC2(O)c2ccc(C(C)C)cc2)cc1. The van der Waals surface area contributed by atoms with Crippen molar-refractivity contribution < 1.29 is 14.9 Å². The van der Waals surface area contributed by atoms with E-state index in [0.29, 0.717) is 37.1 Å². The number of methoxy groups -OCH3 is 1. The Morgan fingerprint density at radius 3 is 1.76 bits per heavy atom. The van der Waals surface area contributed by atoms with Gasteiger partial charge in [-0.25, -0.2) is 0 Å². The van der Waals surface area contributed by atoms with E-state index in [9.17, 15) is 10.2 Å². The largest absolute Gasteiger partial charge is 0.497 e. The lowest BCUT2D eigenvalue weighted by atomic mass is 9.49. The van der Waals surface area contributed by atoms with Gasteiger partial charge in [0.05, 0.1) is 18.3 Å². The van der Waals surface area contributed by atoms with Gasteiger partial charge in [-0.05, 0) is 150 Å². The van der Waals surface area contributed by atoms with Crippen LogP contribution in [0.1, 0.15) is 98.9 Å². The Kier molecular flexibility index (Phi) is 13.3. The molecule has 0 saturated heterocycles. The standard InChI is InChI=1S/C50H68N2O3/c1-37(2)42-22-24-44(25-23-42)50(54)33-31-41(21-19-39-16-12-9-13-17-39)35-48(50,36-51(3)4)47(52(5)6)46-34-40(20-18-38-14-10-8-11-15-38)30-32-49(46,53)43-26-28-45(55-7)29-27-43/h8-17,22-29,37,40-41,46-47,53-54H,18-21,30-36H2,1-7H3. The van der Waals surface area contributed by atoms with Gasteiger partial charge in [0, 0.05) is 23.9 Å². The molecule has 0 amide bonds. The van der Waals surface area contributed by atoms with E-state index in [1.165, 1.54) is 16.7 Å². The van der Waals surface area contributed by atoms with Crippen molar-refractivity contribution in [3.8, 4) is 5.75 Å². The highest BCUT2D eigenvalue weighted by molar-refractivity contribution is 5.36. The fourth-order valence-corrected chi connectivity index (χ4v) is 10.9. The van der Waals surface area contributed by atoms with Crippen LogP contribution in [0.15, 0.2) is 109 Å². The molecule has 5 heteroatoms. The van der Waals surface area contributed by atoms with E-state index >= 15 is 0 Å². The molecule has 4 aromatic carbocycles. The fraction of sp³-hybridized carbons (Fsp3) is 0.520. The van der Waals surface area contributed by atoms with Gasteiger partial charge in [0.15, 0.2) is 0 Å². The number of aryl methyl sites for hydroxylation is 2. The van der Waals surface area contributed by atoms with Crippen LogP contribution in [-0.4, -0.2) is 67.9 Å². The maximum Gasteiger partial charge on any atom is 0.118 e. The lowest BCUT2D eigenvalue weighted by Crippen LogP contribution is -2.68. The molecule has 2 fully saturated rings. The number of benzene rings is 4. The average Bonchev–Trinajstić information content (AvgIpc) is 3.19. The Morgan fingerprint density at radius 2 is 1.24 bits per heavy atom. The zero-order valence-electron chi connectivity index (χ0n) is 34.8. The van der Waals surface area contributed by atoms with E-state index < -0.39 is 16.6 Å². The van der Waals surface area contributed by atoms with Crippen molar-refractivity contribution in [2.24, 2.45) is 23.2 Å². The van der Waals surface area contributed by atoms with E-state index in [-0.39, 0.29) is 12.0 Å². The Morgan fingerprint density at radius 1 is 0.691 bits per heavy atom. The summed E-state index contributed by atoms with van der Waals surface area (Å²) in [7, 11) is 10.5. The molecule has 7 unspecified atom stereocenters. The summed E-state index contributed by atoms with van der Waals surface area (Å²) in [4.78, 5) is 4.71. The zero-order chi connectivity index (χ0) is 39.2. The minimum atomic E-state index is -1.11. The van der Waals surface area contributed by atoms with Crippen LogP contribution < -0.4 is 4.74 Å². The number of hydrogen-bond donors (Lipinski definition) is 2. The van der Waals surface area contributed by atoms with Gasteiger partial charge in [-0.15, -0.1) is 0 Å². The van der Waals surface area contributed by atoms with Crippen LogP contribution in [0.25, 0.3) is 0 Å². The lowest BCUT2D eigenvalue weighted by molar-refractivity contribution is -0.211. The van der Waals surface area contributed by atoms with Gasteiger partial charge in [0.2, 0.25) is 0 Å². The van der Waals surface area contributed by atoms with Crippen LogP contribution in [0.5, 0.6) is 5.75 Å². The summed E-state index contributed by atoms with van der Waals surface area (Å²) in [6.07, 6.45) is 9.31. The Balaban J connectivity index is 1.49. The van der Waals surface area contributed by atoms with Crippen LogP contribution in [0.4, 0.5) is 0 Å². The summed E-state index contributed by atoms with van der Waals surface area (Å²) in [5.74, 6) is 1.97. The van der Waals surface area contributed by atoms with Crippen LogP contribution in [0.2, 0.25) is 0 Å². The Labute approximate surface area is 332 Å². The van der Waals surface area contributed by atoms with Gasteiger partial charge in [0.25, 0.3) is 0 Å². The maximum atomic E-state index is 13.9. The summed E-state index contributed by atoms with van der Waals surface area (Å²) in [6.45, 7) is 5.18. The van der Waals surface area contributed by atoms with Gasteiger partial charge in [0.1, 0.15) is 5.75 Å². The third-order valence-electron chi connectivity index (χ3n) is 13.6. The van der Waals surface area contributed by atoms with Crippen molar-refractivity contribution in [3.05, 3.63) is 137 Å². The number of nitrogens with zero attached hydrogens (tertiary/aromatic N) is 2. The van der Waals surface area contributed by atoms with Crippen molar-refractivity contribution >= 4 is 0 Å². The highest BCUT2D eigenvalue weighted by Gasteiger charge is 2.63. The highest BCUT2D eigenvalue weighted by Crippen LogP contribution is 2.61. The Hall–Kier alpha value is -3.48. The first-order valence-corrected chi connectivity index (χ1v) is 21.0. The van der Waals surface area contributed by atoms with Crippen LogP contribution in [0, 0.1) is 23.2 Å². The molecule has 2 N–H and O–H groups in total. The van der Waals surface area contributed by atoms with Gasteiger partial charge in [-0.3, -0.25) is 0 Å². The molecule has 0 radical (unpaired) electrons. The molecule has 2 aliphatic rings. The molecule has 0 aliphatic heterocycles. The molecule has 7 atom stereocenters. The van der Waals surface area contributed by atoms with Gasteiger partial charge >= 0.3 is 0 Å². The van der Waals surface area contributed by atoms with Gasteiger partial charge in [-0.1, -0.05) is 111 Å². The molecule has 0 bridgehead atoms. The number of ether oxygens (including phenoxy) is 1. The quantitative estimate of drug-likeness (QED) is 0.127. The maximum absolute atomic E-state index is 13.9. The molecule has 2 saturated carbocycles. The molecule has 4 aromatic rings. The number of rotatable bonds is 15. The van der Waals surface area contributed by atoms with E-state index in [4.69, 9.17) is 4.74 Å². The summed E-state index contributed by atoms with van der Waals surface area (Å²) in [5, 5.41) is 27.3. The van der Waals surface area contributed by atoms with Crippen molar-refractivity contribution in [2.45, 2.75) is 101 Å². The summed E-state index contributed by atoms with van der Waals surface area (Å²) >= 11 is 0. The third kappa shape index (κ3) is 8.91. The monoisotopic (exact) mass is 745 g/mol. The van der Waals surface area contributed by atoms with Gasteiger partial charge < -0.3 is 24.7 Å². The molecule has 0 spiro atoms. The first-order valence-electron chi connectivity index (χ1n) is 21.0. The first-order chi connectivity index (χ1) is 26.4. The Bertz CT molecular complexity index is 1760. The normalized spacial score (nSPS) is 27.7. The van der Waals surface area contributed by atoms with Crippen molar-refractivity contribution in [1.82, 2.24) is 9.80 Å². The first kappa shape index (κ1) is 41.2. The number of hydrogen-bond acceptors (Lipinski definition) is 5. The van der Waals surface area contributed by atoms with Crippen LogP contribution in [-0.2, 0) is 24.0 Å². The molecule has 296 valence electrons. The fourth-order valence-electron chi connectivity index (χ4n) is 10.9. The zero-order valence-corrected chi connectivity index (χ0v) is 34.8. The molecule has 6 rings (SSSR count). The molecular weight excluding hydrogens is 677 g/mol. The topological polar surface area (TPSA) is 56.2 Å². The summed E-state index contributed by atoms with van der Waals surface area (Å²) in [6, 6.07) is 38.7. The molecule has 0 aromatic heterocycles. The minimum Gasteiger partial charge on any atom is -0.497 e. The summed E-state index contributed by atoms with van der Waals surface area (Å²) < 4.78 is 5.59. The molecule has 2 aliphatic carbocycles. The average molecular weight is 745 g/mol. The van der Waals surface area contributed by atoms with Crippen molar-refractivity contribution in [3.63, 3.8) is 0 Å². The second-order valence-electron chi connectivity index (χ2n) is 18.0. The molecule has 5 nitrogen and oxygen atoms in total. The molecule has 0 heterocycles. The van der Waals surface area contributed by atoms with Crippen molar-refractivity contribution in [1.29, 1.82) is 0 Å². The predicted molar refractivity (Wildman–Crippen MR) is 227 cm³/mol. The highest BCUT2D eigenvalue weighted by atomic mass is 16.5. The van der Waals surface area contributed by atoms with E-state index in [0.717, 1.165) is 68.2 Å². The second-order valence-corrected chi connectivity index (χ2v) is 18.0. The summed E-state index contributed by atoms with van der Waals surface area (Å²) in [5.41, 5.74) is 3.21. The van der Waals surface area contributed by atoms with Crippen LogP contribution >= 0.6 is 0 Å². The van der Waals surface area contributed by atoms with Gasteiger partial charge in [-0.2, -0.15) is 0 Å². The van der Waals surface area contributed by atoms with E-state index in [2.05, 4.69) is 149 Å². The van der Waals surface area contributed by atoms with Crippen molar-refractivity contribution in [2.75, 3.05) is 41.8 Å². The lowest BCUT2D eigenvalue weighted by Gasteiger charge is -2.63. The smallest absolute Gasteiger partial charge is 0.118 e. The van der Waals surface area contributed by atoms with E-state index in [1.807, 2.05) is 12.1 Å². The molecular formula is C50H68N2O3. The second kappa shape index (κ2) is 17.8. The van der Waals surface area contributed by atoms with E-state index in [1.54, 1.807) is 7.11 Å². The van der Waals surface area contributed by atoms with Crippen LogP contribution in [0.3, 0.4) is 0 Å². The number of aliphatic hydroxyl groups is 2.